The van der Waals surface area contributed by atoms with E-state index in [4.69, 9.17) is 0 Å². The fourth-order valence-electron chi connectivity index (χ4n) is 3.21. The Kier molecular flexibility index (Phi) is 3.96. The Morgan fingerprint density at radius 2 is 1.96 bits per heavy atom. The number of benzene rings is 1. The van der Waals surface area contributed by atoms with Gasteiger partial charge in [-0.3, -0.25) is 4.98 Å². The molecule has 0 saturated carbocycles. The van der Waals surface area contributed by atoms with Crippen molar-refractivity contribution in [3.63, 3.8) is 0 Å². The average molecular weight is 356 g/mol. The molecule has 24 heavy (non-hydrogen) atoms. The Balaban J connectivity index is 1.88. The summed E-state index contributed by atoms with van der Waals surface area (Å²) in [6.07, 6.45) is 4.18. The highest BCUT2D eigenvalue weighted by Crippen LogP contribution is 2.38. The molecule has 1 aliphatic rings. The molecule has 0 bridgehead atoms. The first kappa shape index (κ1) is 15.5. The lowest BCUT2D eigenvalue weighted by atomic mass is 9.91. The predicted octanol–water partition coefficient (Wildman–Crippen LogP) is 3.48. The summed E-state index contributed by atoms with van der Waals surface area (Å²) in [5.74, 6) is 0. The summed E-state index contributed by atoms with van der Waals surface area (Å²) in [5.41, 5.74) is 3.13. The summed E-state index contributed by atoms with van der Waals surface area (Å²) in [7, 11) is -3.53. The Morgan fingerprint density at radius 3 is 2.71 bits per heavy atom. The molecule has 6 heteroatoms. The maximum absolute atomic E-state index is 13.2. The summed E-state index contributed by atoms with van der Waals surface area (Å²) < 4.78 is 28.3. The van der Waals surface area contributed by atoms with Gasteiger partial charge in [0, 0.05) is 18.9 Å². The van der Waals surface area contributed by atoms with Crippen molar-refractivity contribution >= 4 is 21.4 Å². The lowest BCUT2D eigenvalue weighted by Gasteiger charge is -2.36. The van der Waals surface area contributed by atoms with E-state index in [1.807, 2.05) is 30.3 Å². The van der Waals surface area contributed by atoms with Crippen LogP contribution in [0.1, 0.15) is 22.7 Å². The van der Waals surface area contributed by atoms with Crippen LogP contribution < -0.4 is 0 Å². The van der Waals surface area contributed by atoms with E-state index in [9.17, 15) is 8.42 Å². The van der Waals surface area contributed by atoms with E-state index in [2.05, 4.69) is 11.1 Å². The third kappa shape index (κ3) is 2.56. The average Bonchev–Trinajstić information content (AvgIpc) is 3.17. The van der Waals surface area contributed by atoms with Gasteiger partial charge >= 0.3 is 0 Å². The zero-order chi connectivity index (χ0) is 16.6. The molecule has 0 aliphatic carbocycles. The van der Waals surface area contributed by atoms with Crippen LogP contribution >= 0.6 is 11.3 Å². The SMILES string of the molecule is O=S(=O)(c1cccs1)N1CCc2ccccc2C1c1cccnc1. The molecule has 0 amide bonds. The van der Waals surface area contributed by atoms with E-state index in [0.717, 1.165) is 17.5 Å². The third-order valence-corrected chi connectivity index (χ3v) is 7.53. The van der Waals surface area contributed by atoms with Gasteiger partial charge in [0.25, 0.3) is 10.0 Å². The molecule has 0 spiro atoms. The number of sulfonamides is 1. The predicted molar refractivity (Wildman–Crippen MR) is 94.4 cm³/mol. The molecule has 0 N–H and O–H groups in total. The minimum Gasteiger partial charge on any atom is -0.264 e. The molecule has 2 aromatic heterocycles. The molecule has 3 heterocycles. The first-order chi connectivity index (χ1) is 11.7. The molecule has 0 radical (unpaired) electrons. The molecule has 122 valence electrons. The number of rotatable bonds is 3. The van der Waals surface area contributed by atoms with Crippen LogP contribution in [0.4, 0.5) is 0 Å². The highest BCUT2D eigenvalue weighted by Gasteiger charge is 2.37. The number of nitrogens with zero attached hydrogens (tertiary/aromatic N) is 2. The monoisotopic (exact) mass is 356 g/mol. The van der Waals surface area contributed by atoms with E-state index >= 15 is 0 Å². The molecule has 1 aromatic carbocycles. The summed E-state index contributed by atoms with van der Waals surface area (Å²) in [6.45, 7) is 0.469. The molecule has 4 nitrogen and oxygen atoms in total. The minimum atomic E-state index is -3.53. The lowest BCUT2D eigenvalue weighted by molar-refractivity contribution is 0.344. The molecular formula is C18H16N2O2S2. The quantitative estimate of drug-likeness (QED) is 0.722. The third-order valence-electron chi connectivity index (χ3n) is 4.30. The second-order valence-electron chi connectivity index (χ2n) is 5.69. The number of fused-ring (bicyclic) bond motifs is 1. The van der Waals surface area contributed by atoms with Crippen molar-refractivity contribution in [2.24, 2.45) is 0 Å². The van der Waals surface area contributed by atoms with E-state index in [-0.39, 0.29) is 6.04 Å². The highest BCUT2D eigenvalue weighted by molar-refractivity contribution is 7.91. The minimum absolute atomic E-state index is 0.337. The van der Waals surface area contributed by atoms with Crippen LogP contribution in [-0.4, -0.2) is 24.3 Å². The van der Waals surface area contributed by atoms with E-state index in [0.29, 0.717) is 10.8 Å². The topological polar surface area (TPSA) is 50.3 Å². The van der Waals surface area contributed by atoms with Crippen molar-refractivity contribution < 1.29 is 8.42 Å². The molecule has 0 saturated heterocycles. The van der Waals surface area contributed by atoms with Crippen molar-refractivity contribution in [1.82, 2.24) is 9.29 Å². The highest BCUT2D eigenvalue weighted by atomic mass is 32.2. The Bertz CT molecular complexity index is 938. The van der Waals surface area contributed by atoms with Crippen LogP contribution in [0.15, 0.2) is 70.5 Å². The number of thiophene rings is 1. The van der Waals surface area contributed by atoms with E-state index in [1.54, 1.807) is 34.2 Å². The van der Waals surface area contributed by atoms with Crippen LogP contribution in [0.3, 0.4) is 0 Å². The summed E-state index contributed by atoms with van der Waals surface area (Å²) >= 11 is 1.26. The molecule has 1 unspecified atom stereocenters. The largest absolute Gasteiger partial charge is 0.264 e. The van der Waals surface area contributed by atoms with Crippen LogP contribution in [-0.2, 0) is 16.4 Å². The zero-order valence-electron chi connectivity index (χ0n) is 12.9. The van der Waals surface area contributed by atoms with Crippen molar-refractivity contribution in [1.29, 1.82) is 0 Å². The van der Waals surface area contributed by atoms with Gasteiger partial charge in [-0.25, -0.2) is 8.42 Å². The van der Waals surface area contributed by atoms with Gasteiger partial charge in [-0.05, 0) is 40.6 Å². The fourth-order valence-corrected chi connectivity index (χ4v) is 5.93. The molecule has 1 aliphatic heterocycles. The van der Waals surface area contributed by atoms with E-state index < -0.39 is 10.0 Å². The maximum Gasteiger partial charge on any atom is 0.253 e. The van der Waals surface area contributed by atoms with Gasteiger partial charge < -0.3 is 0 Å². The standard InChI is InChI=1S/C18H16N2O2S2/c21-24(22,17-8-4-12-23-17)20-11-9-14-5-1-2-7-16(14)18(20)15-6-3-10-19-13-15/h1-8,10,12-13,18H,9,11H2. The van der Waals surface area contributed by atoms with Gasteiger partial charge in [-0.15, -0.1) is 11.3 Å². The van der Waals surface area contributed by atoms with Gasteiger partial charge in [0.15, 0.2) is 0 Å². The normalized spacial score (nSPS) is 18.2. The Labute approximate surface area is 145 Å². The number of hydrogen-bond acceptors (Lipinski definition) is 4. The lowest BCUT2D eigenvalue weighted by Crippen LogP contribution is -2.40. The first-order valence-corrected chi connectivity index (χ1v) is 10.0. The molecule has 0 fully saturated rings. The molecule has 4 rings (SSSR count). The van der Waals surface area contributed by atoms with Gasteiger partial charge in [-0.2, -0.15) is 4.31 Å². The van der Waals surface area contributed by atoms with Gasteiger partial charge in [0.05, 0.1) is 6.04 Å². The second-order valence-corrected chi connectivity index (χ2v) is 8.75. The van der Waals surface area contributed by atoms with Crippen molar-refractivity contribution in [2.45, 2.75) is 16.7 Å². The van der Waals surface area contributed by atoms with Crippen LogP contribution in [0.5, 0.6) is 0 Å². The van der Waals surface area contributed by atoms with E-state index in [1.165, 1.54) is 16.9 Å². The van der Waals surface area contributed by atoms with Gasteiger partial charge in [0.1, 0.15) is 4.21 Å². The Morgan fingerprint density at radius 1 is 1.08 bits per heavy atom. The summed E-state index contributed by atoms with van der Waals surface area (Å²) in [5, 5.41) is 1.80. The van der Waals surface area contributed by atoms with Crippen LogP contribution in [0, 0.1) is 0 Å². The number of aromatic nitrogens is 1. The van der Waals surface area contributed by atoms with Crippen molar-refractivity contribution in [3.05, 3.63) is 83.0 Å². The molecular weight excluding hydrogens is 340 g/mol. The second kappa shape index (κ2) is 6.12. The molecule has 3 aromatic rings. The Hall–Kier alpha value is -2.02. The zero-order valence-corrected chi connectivity index (χ0v) is 14.5. The van der Waals surface area contributed by atoms with Crippen molar-refractivity contribution in [2.75, 3.05) is 6.54 Å². The van der Waals surface area contributed by atoms with Crippen molar-refractivity contribution in [3.8, 4) is 0 Å². The smallest absolute Gasteiger partial charge is 0.253 e. The number of hydrogen-bond donors (Lipinski definition) is 0. The van der Waals surface area contributed by atoms with Crippen LogP contribution in [0.25, 0.3) is 0 Å². The molecule has 1 atom stereocenters. The maximum atomic E-state index is 13.2. The van der Waals surface area contributed by atoms with Crippen LogP contribution in [0.2, 0.25) is 0 Å². The fraction of sp³-hybridized carbons (Fsp3) is 0.167. The summed E-state index contributed by atoms with van der Waals surface area (Å²) in [6, 6.07) is 15.0. The summed E-state index contributed by atoms with van der Waals surface area (Å²) in [4.78, 5) is 4.19. The van der Waals surface area contributed by atoms with Gasteiger partial charge in [-0.1, -0.05) is 36.4 Å². The first-order valence-electron chi connectivity index (χ1n) is 7.71. The number of pyridine rings is 1. The van der Waals surface area contributed by atoms with Gasteiger partial charge in [0.2, 0.25) is 0 Å².